The molecule has 8 nitrogen and oxygen atoms in total. The molecule has 32 heavy (non-hydrogen) atoms. The minimum Gasteiger partial charge on any atom is -0.403 e. The third-order valence-corrected chi connectivity index (χ3v) is 6.07. The van der Waals surface area contributed by atoms with Crippen LogP contribution in [0.4, 0.5) is 5.69 Å². The predicted molar refractivity (Wildman–Crippen MR) is 130 cm³/mol. The van der Waals surface area contributed by atoms with Crippen LogP contribution in [0.2, 0.25) is 0 Å². The SMILES string of the molecule is CN(C)c1cc2cc[nH]c2cc1SC[C@@H](C=O)NC(=O)/C(=C/N)N(N)Cc1ccccc1. The molecule has 0 saturated heterocycles. The van der Waals surface area contributed by atoms with Gasteiger partial charge in [0.25, 0.3) is 5.91 Å². The fraction of sp³-hybridized carbons (Fsp3) is 0.217. The second kappa shape index (κ2) is 10.7. The maximum atomic E-state index is 12.7. The zero-order valence-electron chi connectivity index (χ0n) is 18.1. The van der Waals surface area contributed by atoms with Gasteiger partial charge in [-0.05, 0) is 23.8 Å². The van der Waals surface area contributed by atoms with Crippen LogP contribution in [0.1, 0.15) is 5.56 Å². The molecule has 2 aromatic carbocycles. The van der Waals surface area contributed by atoms with E-state index in [0.717, 1.165) is 39.5 Å². The van der Waals surface area contributed by atoms with Crippen LogP contribution >= 0.6 is 11.8 Å². The number of nitrogens with two attached hydrogens (primary N) is 2. The summed E-state index contributed by atoms with van der Waals surface area (Å²) in [5.74, 6) is 5.92. The molecular weight excluding hydrogens is 424 g/mol. The topological polar surface area (TPSA) is 120 Å². The van der Waals surface area contributed by atoms with Crippen molar-refractivity contribution in [1.82, 2.24) is 15.3 Å². The Bertz CT molecular complexity index is 1100. The summed E-state index contributed by atoms with van der Waals surface area (Å²) in [5.41, 5.74) is 8.73. The summed E-state index contributed by atoms with van der Waals surface area (Å²) in [5, 5.41) is 5.09. The molecule has 6 N–H and O–H groups in total. The van der Waals surface area contributed by atoms with Gasteiger partial charge in [-0.25, -0.2) is 5.84 Å². The zero-order valence-corrected chi connectivity index (χ0v) is 18.9. The predicted octanol–water partition coefficient (Wildman–Crippen LogP) is 2.19. The molecule has 0 fully saturated rings. The van der Waals surface area contributed by atoms with Gasteiger partial charge in [-0.3, -0.25) is 4.79 Å². The van der Waals surface area contributed by atoms with Crippen molar-refractivity contribution in [3.8, 4) is 0 Å². The van der Waals surface area contributed by atoms with Crippen LogP contribution in [0.5, 0.6) is 0 Å². The number of nitrogens with zero attached hydrogens (tertiary/aromatic N) is 2. The molecule has 1 amide bonds. The minimum atomic E-state index is -0.707. The quantitative estimate of drug-likeness (QED) is 0.122. The number of amides is 1. The van der Waals surface area contributed by atoms with Gasteiger partial charge in [0, 0.05) is 48.0 Å². The Kier molecular flexibility index (Phi) is 7.80. The van der Waals surface area contributed by atoms with Crippen molar-refractivity contribution in [2.24, 2.45) is 11.6 Å². The van der Waals surface area contributed by atoms with E-state index >= 15 is 0 Å². The Hall–Kier alpha value is -3.43. The van der Waals surface area contributed by atoms with Crippen molar-refractivity contribution in [2.75, 3.05) is 24.7 Å². The van der Waals surface area contributed by atoms with Crippen LogP contribution < -0.4 is 21.8 Å². The Balaban J connectivity index is 1.66. The molecular formula is C23H28N6O2S. The van der Waals surface area contributed by atoms with Crippen molar-refractivity contribution in [3.63, 3.8) is 0 Å². The summed E-state index contributed by atoms with van der Waals surface area (Å²) in [6, 6.07) is 14.9. The highest BCUT2D eigenvalue weighted by molar-refractivity contribution is 7.99. The van der Waals surface area contributed by atoms with E-state index < -0.39 is 11.9 Å². The summed E-state index contributed by atoms with van der Waals surface area (Å²) >= 11 is 1.50. The van der Waals surface area contributed by atoms with Gasteiger partial charge in [0.05, 0.1) is 18.3 Å². The molecule has 0 bridgehead atoms. The summed E-state index contributed by atoms with van der Waals surface area (Å²) in [6.45, 7) is 0.306. The van der Waals surface area contributed by atoms with Crippen molar-refractivity contribution >= 4 is 40.5 Å². The molecule has 3 rings (SSSR count). The largest absolute Gasteiger partial charge is 0.403 e. The Morgan fingerprint density at radius 2 is 1.97 bits per heavy atom. The number of carbonyl (C=O) groups excluding carboxylic acids is 2. The summed E-state index contributed by atoms with van der Waals surface area (Å²) < 4.78 is 0. The van der Waals surface area contributed by atoms with E-state index in [0.29, 0.717) is 12.3 Å². The highest BCUT2D eigenvalue weighted by atomic mass is 32.2. The average molecular weight is 453 g/mol. The van der Waals surface area contributed by atoms with E-state index in [2.05, 4.69) is 16.4 Å². The van der Waals surface area contributed by atoms with E-state index in [4.69, 9.17) is 11.6 Å². The lowest BCUT2D eigenvalue weighted by molar-refractivity contribution is -0.122. The Morgan fingerprint density at radius 1 is 1.22 bits per heavy atom. The number of nitrogens with one attached hydrogen (secondary N) is 2. The molecule has 0 aliphatic carbocycles. The van der Waals surface area contributed by atoms with Gasteiger partial charge in [-0.1, -0.05) is 30.3 Å². The fourth-order valence-corrected chi connectivity index (χ4v) is 4.35. The molecule has 3 aromatic rings. The van der Waals surface area contributed by atoms with Crippen LogP contribution in [0, 0.1) is 0 Å². The number of anilines is 1. The fourth-order valence-electron chi connectivity index (χ4n) is 3.24. The van der Waals surface area contributed by atoms with Crippen LogP contribution in [0.25, 0.3) is 10.9 Å². The van der Waals surface area contributed by atoms with E-state index in [-0.39, 0.29) is 5.70 Å². The number of hydrogen-bond acceptors (Lipinski definition) is 7. The second-order valence-corrected chi connectivity index (χ2v) is 8.53. The van der Waals surface area contributed by atoms with E-state index in [1.165, 1.54) is 16.8 Å². The number of hydrogen-bond donors (Lipinski definition) is 4. The summed E-state index contributed by atoms with van der Waals surface area (Å²) in [4.78, 5) is 30.7. The summed E-state index contributed by atoms with van der Waals surface area (Å²) in [6.07, 6.45) is 3.76. The van der Waals surface area contributed by atoms with Crippen molar-refractivity contribution < 1.29 is 9.59 Å². The third kappa shape index (κ3) is 5.63. The standard InChI is InChI=1S/C23H28N6O2S/c1-28(2)20-10-17-8-9-26-19(17)11-22(20)32-15-18(14-30)27-23(31)21(12-24)29(25)13-16-6-4-3-5-7-16/h3-12,14,18,26H,13,15,24-25H2,1-2H3,(H,27,31)/b21-12-/t18-/m1/s1. The number of aldehydes is 1. The number of carbonyl (C=O) groups is 2. The van der Waals surface area contributed by atoms with Crippen molar-refractivity contribution in [2.45, 2.75) is 17.5 Å². The molecule has 0 saturated carbocycles. The lowest BCUT2D eigenvalue weighted by Gasteiger charge is -2.23. The molecule has 168 valence electrons. The third-order valence-electron chi connectivity index (χ3n) is 4.91. The zero-order chi connectivity index (χ0) is 23.1. The highest BCUT2D eigenvalue weighted by Gasteiger charge is 2.20. The van der Waals surface area contributed by atoms with E-state index in [1.54, 1.807) is 0 Å². The number of aromatic nitrogens is 1. The monoisotopic (exact) mass is 452 g/mol. The molecule has 0 aliphatic rings. The molecule has 0 radical (unpaired) electrons. The molecule has 0 aliphatic heterocycles. The molecule has 9 heteroatoms. The smallest absolute Gasteiger partial charge is 0.271 e. The number of fused-ring (bicyclic) bond motifs is 1. The maximum Gasteiger partial charge on any atom is 0.271 e. The highest BCUT2D eigenvalue weighted by Crippen LogP contribution is 2.33. The van der Waals surface area contributed by atoms with Gasteiger partial charge in [-0.15, -0.1) is 11.8 Å². The van der Waals surface area contributed by atoms with E-state index in [9.17, 15) is 9.59 Å². The number of hydrazine groups is 1. The number of H-pyrrole nitrogens is 1. The average Bonchev–Trinajstić information content (AvgIpc) is 3.24. The number of benzene rings is 2. The first-order valence-electron chi connectivity index (χ1n) is 10.1. The summed E-state index contributed by atoms with van der Waals surface area (Å²) in [7, 11) is 3.94. The van der Waals surface area contributed by atoms with Crippen LogP contribution in [-0.2, 0) is 16.1 Å². The Labute approximate surface area is 191 Å². The van der Waals surface area contributed by atoms with E-state index in [1.807, 2.05) is 67.7 Å². The number of rotatable bonds is 10. The van der Waals surface area contributed by atoms with Crippen LogP contribution in [0.3, 0.4) is 0 Å². The Morgan fingerprint density at radius 3 is 2.62 bits per heavy atom. The first-order chi connectivity index (χ1) is 15.4. The normalized spacial score (nSPS) is 12.4. The lowest BCUT2D eigenvalue weighted by Crippen LogP contribution is -2.44. The van der Waals surface area contributed by atoms with Gasteiger partial charge in [0.15, 0.2) is 0 Å². The van der Waals surface area contributed by atoms with Gasteiger partial charge in [-0.2, -0.15) is 0 Å². The second-order valence-electron chi connectivity index (χ2n) is 7.47. The molecule has 0 spiro atoms. The van der Waals surface area contributed by atoms with Crippen molar-refractivity contribution in [3.05, 3.63) is 72.2 Å². The van der Waals surface area contributed by atoms with Gasteiger partial charge < -0.3 is 30.7 Å². The minimum absolute atomic E-state index is 0.0903. The molecule has 0 unspecified atom stereocenters. The number of thioether (sulfide) groups is 1. The van der Waals surface area contributed by atoms with Crippen molar-refractivity contribution in [1.29, 1.82) is 0 Å². The first-order valence-corrected chi connectivity index (χ1v) is 11.1. The van der Waals surface area contributed by atoms with Gasteiger partial charge in [0.2, 0.25) is 0 Å². The molecule has 1 heterocycles. The first kappa shape index (κ1) is 23.2. The lowest BCUT2D eigenvalue weighted by atomic mass is 10.2. The maximum absolute atomic E-state index is 12.7. The van der Waals surface area contributed by atoms with Crippen LogP contribution in [-0.4, -0.2) is 48.1 Å². The van der Waals surface area contributed by atoms with Gasteiger partial charge >= 0.3 is 0 Å². The van der Waals surface area contributed by atoms with Crippen LogP contribution in [0.15, 0.2) is 71.5 Å². The number of aromatic amines is 1. The molecule has 1 aromatic heterocycles. The molecule has 1 atom stereocenters. The van der Waals surface area contributed by atoms with Gasteiger partial charge in [0.1, 0.15) is 12.0 Å².